The zero-order chi connectivity index (χ0) is 19.7. The first-order chi connectivity index (χ1) is 13.4. The van der Waals surface area contributed by atoms with Crippen molar-refractivity contribution in [3.8, 4) is 11.5 Å². The highest BCUT2D eigenvalue weighted by Gasteiger charge is 2.41. The maximum absolute atomic E-state index is 12.2. The van der Waals surface area contributed by atoms with Gasteiger partial charge >= 0.3 is 11.8 Å². The third-order valence-electron chi connectivity index (χ3n) is 5.27. The average Bonchev–Trinajstić information content (AvgIpc) is 3.46. The molecule has 2 heterocycles. The second-order valence-corrected chi connectivity index (χ2v) is 9.53. The molecule has 0 aromatic heterocycles. The van der Waals surface area contributed by atoms with Crippen molar-refractivity contribution >= 4 is 27.5 Å². The summed E-state index contributed by atoms with van der Waals surface area (Å²) in [4.78, 5) is 24.1. The molecular formula is C18H23N3O6S. The van der Waals surface area contributed by atoms with E-state index in [2.05, 4.69) is 10.6 Å². The average molecular weight is 409 g/mol. The number of nitrogens with zero attached hydrogens (tertiary/aromatic N) is 1. The largest absolute Gasteiger partial charge is 0.454 e. The van der Waals surface area contributed by atoms with E-state index >= 15 is 0 Å². The van der Waals surface area contributed by atoms with Crippen LogP contribution in [0.2, 0.25) is 0 Å². The van der Waals surface area contributed by atoms with Gasteiger partial charge in [0, 0.05) is 31.4 Å². The number of benzene rings is 1. The number of carbonyl (C=O) groups excluding carboxylic acids is 2. The number of anilines is 1. The molecule has 3 aliphatic rings. The monoisotopic (exact) mass is 409 g/mol. The smallest absolute Gasteiger partial charge is 0.313 e. The lowest BCUT2D eigenvalue weighted by Gasteiger charge is -2.31. The van der Waals surface area contributed by atoms with E-state index in [-0.39, 0.29) is 18.0 Å². The molecule has 1 saturated carbocycles. The van der Waals surface area contributed by atoms with Crippen molar-refractivity contribution in [1.29, 1.82) is 0 Å². The van der Waals surface area contributed by atoms with E-state index in [1.54, 1.807) is 22.5 Å². The lowest BCUT2D eigenvalue weighted by molar-refractivity contribution is -0.136. The van der Waals surface area contributed by atoms with Gasteiger partial charge in [0.15, 0.2) is 11.5 Å². The Morgan fingerprint density at radius 1 is 1.04 bits per heavy atom. The second-order valence-electron chi connectivity index (χ2n) is 7.32. The first-order valence-electron chi connectivity index (χ1n) is 9.41. The summed E-state index contributed by atoms with van der Waals surface area (Å²) >= 11 is 0. The normalized spacial score (nSPS) is 20.0. The van der Waals surface area contributed by atoms with E-state index in [9.17, 15) is 18.0 Å². The minimum absolute atomic E-state index is 0.133. The first kappa shape index (κ1) is 19.0. The van der Waals surface area contributed by atoms with E-state index in [1.807, 2.05) is 0 Å². The van der Waals surface area contributed by atoms with Gasteiger partial charge in [-0.05, 0) is 43.7 Å². The molecular weight excluding hydrogens is 386 g/mol. The minimum atomic E-state index is -3.13. The lowest BCUT2D eigenvalue weighted by atomic mass is 9.98. The number of rotatable bonds is 5. The standard InChI is InChI=1S/C18H23N3O6S/c22-17(18(23)20-13-1-4-15-16(9-13)27-11-26-15)19-10-12-5-7-21(8-6-12)28(24,25)14-2-3-14/h1,4,9,12,14H,2-3,5-8,10-11H2,(H,19,22)(H,20,23). The second kappa shape index (κ2) is 7.59. The van der Waals surface area contributed by atoms with Crippen LogP contribution in [0.15, 0.2) is 18.2 Å². The molecule has 0 spiro atoms. The molecule has 152 valence electrons. The summed E-state index contributed by atoms with van der Waals surface area (Å²) in [7, 11) is -3.13. The maximum Gasteiger partial charge on any atom is 0.313 e. The molecule has 1 aromatic carbocycles. The molecule has 2 aliphatic heterocycles. The first-order valence-corrected chi connectivity index (χ1v) is 10.9. The molecule has 28 heavy (non-hydrogen) atoms. The van der Waals surface area contributed by atoms with Gasteiger partial charge in [-0.1, -0.05) is 0 Å². The van der Waals surface area contributed by atoms with Crippen LogP contribution in [0.25, 0.3) is 0 Å². The number of ether oxygens (including phenoxy) is 2. The summed E-state index contributed by atoms with van der Waals surface area (Å²) in [5.41, 5.74) is 0.447. The van der Waals surface area contributed by atoms with E-state index < -0.39 is 21.8 Å². The van der Waals surface area contributed by atoms with E-state index in [1.165, 1.54) is 0 Å². The highest BCUT2D eigenvalue weighted by molar-refractivity contribution is 7.90. The molecule has 1 aliphatic carbocycles. The third-order valence-corrected chi connectivity index (χ3v) is 7.67. The molecule has 1 aromatic rings. The fourth-order valence-electron chi connectivity index (χ4n) is 3.42. The number of amides is 2. The van der Waals surface area contributed by atoms with Crippen molar-refractivity contribution < 1.29 is 27.5 Å². The van der Waals surface area contributed by atoms with Crippen LogP contribution in [0.5, 0.6) is 11.5 Å². The Kier molecular flexibility index (Phi) is 5.15. The number of nitrogens with one attached hydrogen (secondary N) is 2. The molecule has 2 fully saturated rings. The summed E-state index contributed by atoms with van der Waals surface area (Å²) in [5, 5.41) is 4.98. The van der Waals surface area contributed by atoms with Gasteiger partial charge in [-0.15, -0.1) is 0 Å². The van der Waals surface area contributed by atoms with Gasteiger partial charge < -0.3 is 20.1 Å². The maximum atomic E-state index is 12.2. The fourth-order valence-corrected chi connectivity index (χ4v) is 5.30. The summed E-state index contributed by atoms with van der Waals surface area (Å²) < 4.78 is 36.5. The van der Waals surface area contributed by atoms with Gasteiger partial charge in [0.05, 0.1) is 5.25 Å². The summed E-state index contributed by atoms with van der Waals surface area (Å²) in [6, 6.07) is 4.90. The van der Waals surface area contributed by atoms with Crippen LogP contribution in [0.3, 0.4) is 0 Å². The van der Waals surface area contributed by atoms with Gasteiger partial charge in [0.2, 0.25) is 16.8 Å². The number of sulfonamides is 1. The molecule has 1 saturated heterocycles. The van der Waals surface area contributed by atoms with Crippen molar-refractivity contribution in [2.24, 2.45) is 5.92 Å². The highest BCUT2D eigenvalue weighted by Crippen LogP contribution is 2.34. The summed E-state index contributed by atoms with van der Waals surface area (Å²) in [6.45, 7) is 1.43. The molecule has 2 N–H and O–H groups in total. The minimum Gasteiger partial charge on any atom is -0.454 e. The zero-order valence-corrected chi connectivity index (χ0v) is 16.2. The van der Waals surface area contributed by atoms with Crippen molar-refractivity contribution in [3.05, 3.63) is 18.2 Å². The number of hydrogen-bond acceptors (Lipinski definition) is 6. The Bertz CT molecular complexity index is 875. The van der Waals surface area contributed by atoms with Crippen molar-refractivity contribution in [2.75, 3.05) is 31.7 Å². The van der Waals surface area contributed by atoms with Crippen molar-refractivity contribution in [2.45, 2.75) is 30.9 Å². The van der Waals surface area contributed by atoms with Crippen molar-refractivity contribution in [1.82, 2.24) is 9.62 Å². The van der Waals surface area contributed by atoms with Crippen LogP contribution < -0.4 is 20.1 Å². The Labute approximate surface area is 163 Å². The van der Waals surface area contributed by atoms with Crippen LogP contribution in [-0.4, -0.2) is 56.2 Å². The van der Waals surface area contributed by atoms with Gasteiger partial charge in [0.25, 0.3) is 0 Å². The van der Waals surface area contributed by atoms with Gasteiger partial charge in [0.1, 0.15) is 0 Å². The van der Waals surface area contributed by atoms with Gasteiger partial charge in [-0.2, -0.15) is 0 Å². The molecule has 0 unspecified atom stereocenters. The number of fused-ring (bicyclic) bond motifs is 1. The fraction of sp³-hybridized carbons (Fsp3) is 0.556. The third kappa shape index (κ3) is 4.07. The molecule has 0 radical (unpaired) electrons. The van der Waals surface area contributed by atoms with E-state index in [0.29, 0.717) is 49.7 Å². The molecule has 2 amide bonds. The van der Waals surface area contributed by atoms with Crippen LogP contribution >= 0.6 is 0 Å². The molecule has 10 heteroatoms. The predicted molar refractivity (Wildman–Crippen MR) is 100 cm³/mol. The van der Waals surface area contributed by atoms with Gasteiger partial charge in [-0.25, -0.2) is 12.7 Å². The summed E-state index contributed by atoms with van der Waals surface area (Å²) in [5.74, 6) is -0.199. The predicted octanol–water partition coefficient (Wildman–Crippen LogP) is 0.674. The number of carbonyl (C=O) groups is 2. The molecule has 9 nitrogen and oxygen atoms in total. The van der Waals surface area contributed by atoms with Crippen LogP contribution in [-0.2, 0) is 19.6 Å². The quantitative estimate of drug-likeness (QED) is 0.691. The SMILES string of the molecule is O=C(NCC1CCN(S(=O)(=O)C2CC2)CC1)C(=O)Nc1ccc2c(c1)OCO2. The van der Waals surface area contributed by atoms with Crippen LogP contribution in [0, 0.1) is 5.92 Å². The number of hydrogen-bond donors (Lipinski definition) is 2. The number of piperidine rings is 1. The Morgan fingerprint density at radius 2 is 1.75 bits per heavy atom. The topological polar surface area (TPSA) is 114 Å². The summed E-state index contributed by atoms with van der Waals surface area (Å²) in [6.07, 6.45) is 2.87. The Morgan fingerprint density at radius 3 is 2.46 bits per heavy atom. The van der Waals surface area contributed by atoms with E-state index in [0.717, 1.165) is 12.8 Å². The highest BCUT2D eigenvalue weighted by atomic mass is 32.2. The Balaban J connectivity index is 1.22. The Hall–Kier alpha value is -2.33. The van der Waals surface area contributed by atoms with Gasteiger partial charge in [-0.3, -0.25) is 9.59 Å². The van der Waals surface area contributed by atoms with Crippen molar-refractivity contribution in [3.63, 3.8) is 0 Å². The molecule has 4 rings (SSSR count). The van der Waals surface area contributed by atoms with Crippen LogP contribution in [0.4, 0.5) is 5.69 Å². The van der Waals surface area contributed by atoms with E-state index in [4.69, 9.17) is 9.47 Å². The molecule has 0 atom stereocenters. The molecule has 0 bridgehead atoms. The zero-order valence-electron chi connectivity index (χ0n) is 15.3. The lowest BCUT2D eigenvalue weighted by Crippen LogP contribution is -2.44. The van der Waals surface area contributed by atoms with Crippen LogP contribution in [0.1, 0.15) is 25.7 Å².